The van der Waals surface area contributed by atoms with Gasteiger partial charge in [0, 0.05) is 76.4 Å². The summed E-state index contributed by atoms with van der Waals surface area (Å²) in [5.41, 5.74) is 5.29. The zero-order valence-electron chi connectivity index (χ0n) is 31.9. The van der Waals surface area contributed by atoms with E-state index in [4.69, 9.17) is 13.9 Å². The molecule has 54 heavy (non-hydrogen) atoms. The maximum atomic E-state index is 13.1. The molecule has 2 N–H and O–H groups in total. The highest BCUT2D eigenvalue weighted by molar-refractivity contribution is 5.91. The van der Waals surface area contributed by atoms with E-state index in [9.17, 15) is 24.0 Å². The number of likely N-dealkylation sites (tertiary alicyclic amines) is 3. The summed E-state index contributed by atoms with van der Waals surface area (Å²) in [6.45, 7) is 10.8. The van der Waals surface area contributed by atoms with Gasteiger partial charge in [0.25, 0.3) is 0 Å². The molecule has 7 rings (SSSR count). The molecule has 0 unspecified atom stereocenters. The van der Waals surface area contributed by atoms with Crippen molar-refractivity contribution in [1.29, 1.82) is 0 Å². The van der Waals surface area contributed by atoms with Crippen molar-refractivity contribution in [3.05, 3.63) is 63.6 Å². The predicted molar refractivity (Wildman–Crippen MR) is 203 cm³/mol. The number of hydrogen-bond donors (Lipinski definition) is 2. The van der Waals surface area contributed by atoms with Crippen LogP contribution in [0, 0.1) is 12.8 Å². The van der Waals surface area contributed by atoms with E-state index in [1.165, 1.54) is 19.6 Å². The van der Waals surface area contributed by atoms with Crippen LogP contribution in [-0.4, -0.2) is 120 Å². The van der Waals surface area contributed by atoms with Crippen LogP contribution in [0.25, 0.3) is 11.1 Å². The number of methoxy groups -OCH3 is 1. The Hall–Kier alpha value is -4.85. The lowest BCUT2D eigenvalue weighted by atomic mass is 9.95. The van der Waals surface area contributed by atoms with Crippen molar-refractivity contribution in [3.63, 3.8) is 0 Å². The minimum atomic E-state index is -0.456. The van der Waals surface area contributed by atoms with Crippen LogP contribution in [0.4, 0.5) is 15.3 Å². The Bertz CT molecular complexity index is 1850. The lowest BCUT2D eigenvalue weighted by Gasteiger charge is -2.42. The lowest BCUT2D eigenvalue weighted by molar-refractivity contribution is -0.148. The quantitative estimate of drug-likeness (QED) is 0.334. The Balaban J connectivity index is 0.000000197. The molecule has 292 valence electrons. The summed E-state index contributed by atoms with van der Waals surface area (Å²) in [4.78, 5) is 70.5. The number of para-hydroxylation sites is 1. The number of esters is 1. The molecule has 4 aliphatic rings. The molecule has 0 spiro atoms. The monoisotopic (exact) mass is 746 g/mol. The number of aromatic nitrogens is 1. The summed E-state index contributed by atoms with van der Waals surface area (Å²) in [7, 11) is 1.40. The number of hydrogen-bond acceptors (Lipinski definition) is 9. The summed E-state index contributed by atoms with van der Waals surface area (Å²) >= 11 is 0. The molecular weight excluding hydrogens is 692 g/mol. The highest BCUT2D eigenvalue weighted by Crippen LogP contribution is 2.27. The van der Waals surface area contributed by atoms with Gasteiger partial charge in [-0.05, 0) is 87.1 Å². The number of fused-ring (bicyclic) bond motifs is 2. The number of piperidine rings is 3. The Morgan fingerprint density at radius 3 is 2.24 bits per heavy atom. The number of nitrogens with one attached hydrogen (secondary N) is 2. The zero-order chi connectivity index (χ0) is 38.4. The van der Waals surface area contributed by atoms with Crippen LogP contribution in [0.2, 0.25) is 0 Å². The van der Waals surface area contributed by atoms with Crippen LogP contribution in [0.1, 0.15) is 69.1 Å². The second kappa shape index (κ2) is 17.5. The molecule has 1 aromatic heterocycles. The fourth-order valence-corrected chi connectivity index (χ4v) is 8.44. The molecule has 0 saturated carbocycles. The number of carbonyl (C=O) groups excluding carboxylic acids is 4. The number of aromatic amines is 1. The highest BCUT2D eigenvalue weighted by Gasteiger charge is 2.33. The van der Waals surface area contributed by atoms with E-state index in [2.05, 4.69) is 21.3 Å². The molecule has 4 aliphatic heterocycles. The number of benzene rings is 2. The second-order valence-electron chi connectivity index (χ2n) is 15.0. The Morgan fingerprint density at radius 2 is 1.56 bits per heavy atom. The molecule has 0 bridgehead atoms. The molecule has 0 aliphatic carbocycles. The van der Waals surface area contributed by atoms with Crippen molar-refractivity contribution < 1.29 is 33.1 Å². The van der Waals surface area contributed by atoms with Crippen LogP contribution in [0.15, 0.2) is 45.6 Å². The average molecular weight is 747 g/mol. The van der Waals surface area contributed by atoms with Gasteiger partial charge in [-0.1, -0.05) is 31.2 Å². The summed E-state index contributed by atoms with van der Waals surface area (Å²) in [6, 6.07) is 12.4. The molecule has 4 amide bonds. The van der Waals surface area contributed by atoms with Gasteiger partial charge in [0.2, 0.25) is 5.91 Å². The molecule has 14 nitrogen and oxygen atoms in total. The van der Waals surface area contributed by atoms with E-state index in [1.807, 2.05) is 54.0 Å². The molecular formula is C40H54N6O8. The third-order valence-electron chi connectivity index (χ3n) is 11.3. The lowest BCUT2D eigenvalue weighted by Crippen LogP contribution is -2.50. The first-order valence-electron chi connectivity index (χ1n) is 19.3. The van der Waals surface area contributed by atoms with Crippen LogP contribution in [-0.2, 0) is 31.9 Å². The minimum absolute atomic E-state index is 0.0403. The predicted octanol–water partition coefficient (Wildman–Crippen LogP) is 4.93. The first-order valence-corrected chi connectivity index (χ1v) is 19.3. The molecule has 3 aromatic rings. The SMILES string of the molecule is CC(=O)OC1CCN(C2CCN(C(=O)[C@H](C)Cc3cc(C)c4[nH]c(=O)oc4c3)CC2)CC1.COC(=O)N1CCC(N2CCc3ccccc3NC2=O)CC1. The summed E-state index contributed by atoms with van der Waals surface area (Å²) in [5, 5.41) is 3.00. The van der Waals surface area contributed by atoms with E-state index in [1.54, 1.807) is 4.90 Å². The van der Waals surface area contributed by atoms with Crippen molar-refractivity contribution in [2.45, 2.75) is 90.3 Å². The van der Waals surface area contributed by atoms with Crippen molar-refractivity contribution >= 4 is 40.8 Å². The smallest absolute Gasteiger partial charge is 0.417 e. The number of amides is 4. The molecule has 3 saturated heterocycles. The van der Waals surface area contributed by atoms with E-state index >= 15 is 0 Å². The Morgan fingerprint density at radius 1 is 0.889 bits per heavy atom. The van der Waals surface area contributed by atoms with Gasteiger partial charge in [0.05, 0.1) is 12.6 Å². The largest absolute Gasteiger partial charge is 0.462 e. The standard InChI is InChI=1S/C24H33N3O5.C16H21N3O3/c1-15-12-18(14-21-22(15)25-24(30)32-21)13-16(2)23(29)27-8-4-19(5-9-27)26-10-6-20(7-11-26)31-17(3)28;1-22-16(21)18-9-7-13(8-10-18)19-11-6-12-4-2-3-5-14(12)17-15(19)20/h12,14,16,19-20H,4-11,13H2,1-3H3,(H,25,30);2-5,13H,6-11H2,1H3,(H,17,20)/t16-;/m1./s1. The topological polar surface area (TPSA) is 158 Å². The van der Waals surface area contributed by atoms with Crippen molar-refractivity contribution in [1.82, 2.24) is 24.6 Å². The number of ether oxygens (including phenoxy) is 2. The molecule has 2 aromatic carbocycles. The number of urea groups is 1. The summed E-state index contributed by atoms with van der Waals surface area (Å²) in [6.07, 6.45) is 6.56. The van der Waals surface area contributed by atoms with Crippen LogP contribution in [0.5, 0.6) is 0 Å². The number of anilines is 1. The fraction of sp³-hybridized carbons (Fsp3) is 0.575. The van der Waals surface area contributed by atoms with Crippen LogP contribution >= 0.6 is 0 Å². The first-order chi connectivity index (χ1) is 26.0. The van der Waals surface area contributed by atoms with Crippen molar-refractivity contribution in [2.24, 2.45) is 5.92 Å². The van der Waals surface area contributed by atoms with E-state index < -0.39 is 5.76 Å². The minimum Gasteiger partial charge on any atom is -0.462 e. The van der Waals surface area contributed by atoms with E-state index in [-0.39, 0.29) is 42.1 Å². The van der Waals surface area contributed by atoms with Gasteiger partial charge in [-0.15, -0.1) is 0 Å². The first kappa shape index (κ1) is 38.9. The Labute approximate surface area is 316 Å². The summed E-state index contributed by atoms with van der Waals surface area (Å²) in [5.74, 6) is -0.598. The number of aryl methyl sites for hydroxylation is 1. The van der Waals surface area contributed by atoms with Gasteiger partial charge in [-0.2, -0.15) is 0 Å². The maximum Gasteiger partial charge on any atom is 0.417 e. The third kappa shape index (κ3) is 9.44. The van der Waals surface area contributed by atoms with Gasteiger partial charge in [-0.3, -0.25) is 19.5 Å². The molecule has 0 radical (unpaired) electrons. The normalized spacial score (nSPS) is 19.6. The van der Waals surface area contributed by atoms with Crippen molar-refractivity contribution in [3.8, 4) is 0 Å². The van der Waals surface area contributed by atoms with E-state index in [0.717, 1.165) is 93.5 Å². The van der Waals surface area contributed by atoms with Gasteiger partial charge in [0.1, 0.15) is 6.10 Å². The Kier molecular flexibility index (Phi) is 12.6. The zero-order valence-corrected chi connectivity index (χ0v) is 31.9. The maximum absolute atomic E-state index is 13.1. The van der Waals surface area contributed by atoms with Gasteiger partial charge in [-0.25, -0.2) is 14.4 Å². The molecule has 14 heteroatoms. The third-order valence-corrected chi connectivity index (χ3v) is 11.3. The number of carbonyl (C=O) groups is 4. The van der Waals surface area contributed by atoms with Gasteiger partial charge >= 0.3 is 23.8 Å². The van der Waals surface area contributed by atoms with Crippen LogP contribution in [0.3, 0.4) is 0 Å². The van der Waals surface area contributed by atoms with Gasteiger partial charge < -0.3 is 33.9 Å². The fourth-order valence-electron chi connectivity index (χ4n) is 8.44. The highest BCUT2D eigenvalue weighted by atomic mass is 16.5. The van der Waals surface area contributed by atoms with Crippen LogP contribution < -0.4 is 11.1 Å². The summed E-state index contributed by atoms with van der Waals surface area (Å²) < 4.78 is 15.3. The number of rotatable bonds is 6. The number of nitrogens with zero attached hydrogens (tertiary/aromatic N) is 4. The number of oxazole rings is 1. The van der Waals surface area contributed by atoms with E-state index in [0.29, 0.717) is 37.7 Å². The van der Waals surface area contributed by atoms with Gasteiger partial charge in [0.15, 0.2) is 5.58 Å². The second-order valence-corrected chi connectivity index (χ2v) is 15.0. The number of H-pyrrole nitrogens is 1. The molecule has 3 fully saturated rings. The molecule has 1 atom stereocenters. The average Bonchev–Trinajstić information content (AvgIpc) is 3.47. The molecule has 5 heterocycles. The van der Waals surface area contributed by atoms with Crippen molar-refractivity contribution in [2.75, 3.05) is 58.2 Å².